The Morgan fingerprint density at radius 2 is 1.28 bits per heavy atom. The lowest BCUT2D eigenvalue weighted by molar-refractivity contribution is -0.121. The Balaban J connectivity index is 1.35. The van der Waals surface area contributed by atoms with Crippen molar-refractivity contribution in [1.82, 2.24) is 10.7 Å². The molecule has 5 heteroatoms. The summed E-state index contributed by atoms with van der Waals surface area (Å²) in [7, 11) is 0. The van der Waals surface area contributed by atoms with Crippen molar-refractivity contribution in [3.63, 3.8) is 0 Å². The van der Waals surface area contributed by atoms with Gasteiger partial charge in [-0.05, 0) is 45.3 Å². The first-order chi connectivity index (χ1) is 17.7. The van der Waals surface area contributed by atoms with Crippen LogP contribution in [0, 0.1) is 0 Å². The molecule has 2 amide bonds. The molecule has 5 aromatic carbocycles. The molecule has 0 spiro atoms. The number of carbonyl (C=O) groups is 2. The fraction of sp³-hybridized carbons (Fsp3) is 0.0645. The van der Waals surface area contributed by atoms with Crippen molar-refractivity contribution in [3.8, 4) is 0 Å². The zero-order valence-electron chi connectivity index (χ0n) is 19.6. The van der Waals surface area contributed by atoms with Crippen molar-refractivity contribution in [2.75, 3.05) is 0 Å². The molecule has 5 aromatic rings. The Labute approximate surface area is 209 Å². The number of carbonyl (C=O) groups excluding carboxylic acids is 2. The zero-order valence-corrected chi connectivity index (χ0v) is 19.6. The van der Waals surface area contributed by atoms with Crippen LogP contribution in [0.5, 0.6) is 0 Å². The third kappa shape index (κ3) is 5.15. The summed E-state index contributed by atoms with van der Waals surface area (Å²) >= 11 is 0. The van der Waals surface area contributed by atoms with Gasteiger partial charge in [0.05, 0.1) is 18.7 Å². The smallest absolute Gasteiger partial charge is 0.251 e. The number of fused-ring (bicyclic) bond motifs is 2. The van der Waals surface area contributed by atoms with Gasteiger partial charge in [0, 0.05) is 11.1 Å². The highest BCUT2D eigenvalue weighted by molar-refractivity contribution is 6.13. The van der Waals surface area contributed by atoms with Gasteiger partial charge in [0.15, 0.2) is 0 Å². The molecule has 0 aliphatic rings. The van der Waals surface area contributed by atoms with E-state index in [0.717, 1.165) is 32.7 Å². The maximum atomic E-state index is 12.9. The first kappa shape index (κ1) is 23.0. The Morgan fingerprint density at radius 1 is 0.722 bits per heavy atom. The number of hydrogen-bond donors (Lipinski definition) is 2. The van der Waals surface area contributed by atoms with Gasteiger partial charge in [0.25, 0.3) is 5.91 Å². The molecule has 0 heterocycles. The van der Waals surface area contributed by atoms with E-state index in [9.17, 15) is 9.59 Å². The SMILES string of the molecule is O=C(C[C@@H](NC(=O)c1ccccc1)c1ccccc1)N/N=C\c1c2ccccc2cc2ccccc12. The van der Waals surface area contributed by atoms with Gasteiger partial charge >= 0.3 is 0 Å². The summed E-state index contributed by atoms with van der Waals surface area (Å²) in [4.78, 5) is 25.7. The van der Waals surface area contributed by atoms with E-state index >= 15 is 0 Å². The second-order valence-corrected chi connectivity index (χ2v) is 8.53. The molecule has 1 atom stereocenters. The molecule has 5 nitrogen and oxygen atoms in total. The largest absolute Gasteiger partial charge is 0.345 e. The lowest BCUT2D eigenvalue weighted by Crippen LogP contribution is -2.32. The topological polar surface area (TPSA) is 70.6 Å². The molecule has 0 aliphatic heterocycles. The molecule has 0 saturated heterocycles. The standard InChI is InChI=1S/C31H25N3O2/c35-30(20-29(22-11-3-1-4-12-22)33-31(36)23-13-5-2-6-14-23)34-32-21-28-26-17-9-7-15-24(26)19-25-16-8-10-18-27(25)28/h1-19,21,29H,20H2,(H,33,36)(H,34,35)/b32-21-/t29-/m1/s1. The van der Waals surface area contributed by atoms with E-state index in [2.05, 4.69) is 46.2 Å². The van der Waals surface area contributed by atoms with Gasteiger partial charge in [-0.2, -0.15) is 5.10 Å². The van der Waals surface area contributed by atoms with E-state index < -0.39 is 6.04 Å². The summed E-state index contributed by atoms with van der Waals surface area (Å²) in [6.45, 7) is 0. The summed E-state index contributed by atoms with van der Waals surface area (Å²) < 4.78 is 0. The molecule has 0 aromatic heterocycles. The van der Waals surface area contributed by atoms with Gasteiger partial charge in [-0.3, -0.25) is 9.59 Å². The minimum absolute atomic E-state index is 0.0518. The minimum atomic E-state index is -0.493. The predicted molar refractivity (Wildman–Crippen MR) is 145 cm³/mol. The van der Waals surface area contributed by atoms with E-state index in [-0.39, 0.29) is 18.2 Å². The van der Waals surface area contributed by atoms with Crippen LogP contribution < -0.4 is 10.7 Å². The van der Waals surface area contributed by atoms with Gasteiger partial charge in [0.2, 0.25) is 5.91 Å². The van der Waals surface area contributed by atoms with Gasteiger partial charge in [-0.25, -0.2) is 5.43 Å². The van der Waals surface area contributed by atoms with Crippen molar-refractivity contribution < 1.29 is 9.59 Å². The number of benzene rings is 5. The van der Waals surface area contributed by atoms with Crippen LogP contribution in [0.4, 0.5) is 0 Å². The van der Waals surface area contributed by atoms with Gasteiger partial charge in [-0.1, -0.05) is 97.1 Å². The molecule has 2 N–H and O–H groups in total. The van der Waals surface area contributed by atoms with Gasteiger partial charge < -0.3 is 5.32 Å². The molecule has 0 aliphatic carbocycles. The fourth-order valence-electron chi connectivity index (χ4n) is 4.36. The summed E-state index contributed by atoms with van der Waals surface area (Å²) in [5, 5.41) is 11.6. The van der Waals surface area contributed by atoms with Crippen molar-refractivity contribution in [1.29, 1.82) is 0 Å². The highest BCUT2D eigenvalue weighted by atomic mass is 16.2. The van der Waals surface area contributed by atoms with E-state index in [1.165, 1.54) is 0 Å². The van der Waals surface area contributed by atoms with Crippen LogP contribution in [0.25, 0.3) is 21.5 Å². The quantitative estimate of drug-likeness (QED) is 0.174. The number of amides is 2. The molecule has 176 valence electrons. The average molecular weight is 472 g/mol. The molecule has 0 fully saturated rings. The lowest BCUT2D eigenvalue weighted by atomic mass is 9.97. The summed E-state index contributed by atoms with van der Waals surface area (Å²) in [6, 6.07) is 36.3. The van der Waals surface area contributed by atoms with E-state index in [1.54, 1.807) is 18.3 Å². The number of nitrogens with zero attached hydrogens (tertiary/aromatic N) is 1. The van der Waals surface area contributed by atoms with Crippen molar-refractivity contribution in [2.24, 2.45) is 5.10 Å². The molecule has 0 saturated carbocycles. The molecule has 0 unspecified atom stereocenters. The third-order valence-electron chi connectivity index (χ3n) is 6.13. The summed E-state index contributed by atoms with van der Waals surface area (Å²) in [5.41, 5.74) is 4.99. The molecular formula is C31H25N3O2. The van der Waals surface area contributed by atoms with E-state index in [1.807, 2.05) is 72.8 Å². The monoisotopic (exact) mass is 471 g/mol. The van der Waals surface area contributed by atoms with Crippen LogP contribution >= 0.6 is 0 Å². The average Bonchev–Trinajstić information content (AvgIpc) is 2.93. The van der Waals surface area contributed by atoms with Crippen LogP contribution in [0.15, 0.2) is 120 Å². The highest BCUT2D eigenvalue weighted by Gasteiger charge is 2.19. The van der Waals surface area contributed by atoms with Crippen LogP contribution in [-0.2, 0) is 4.79 Å². The maximum absolute atomic E-state index is 12.9. The van der Waals surface area contributed by atoms with Gasteiger partial charge in [0.1, 0.15) is 0 Å². The molecule has 36 heavy (non-hydrogen) atoms. The molecule has 0 bridgehead atoms. The molecular weight excluding hydrogens is 446 g/mol. The van der Waals surface area contributed by atoms with Crippen molar-refractivity contribution in [2.45, 2.75) is 12.5 Å². The Morgan fingerprint density at radius 3 is 1.92 bits per heavy atom. The van der Waals surface area contributed by atoms with E-state index in [4.69, 9.17) is 0 Å². The first-order valence-electron chi connectivity index (χ1n) is 11.8. The van der Waals surface area contributed by atoms with Crippen LogP contribution in [0.1, 0.15) is 33.9 Å². The normalized spacial score (nSPS) is 12.0. The number of hydrogen-bond acceptors (Lipinski definition) is 3. The van der Waals surface area contributed by atoms with Crippen LogP contribution in [0.2, 0.25) is 0 Å². The van der Waals surface area contributed by atoms with Crippen LogP contribution in [-0.4, -0.2) is 18.0 Å². The summed E-state index contributed by atoms with van der Waals surface area (Å²) in [5.74, 6) is -0.527. The first-order valence-corrected chi connectivity index (χ1v) is 11.8. The van der Waals surface area contributed by atoms with Crippen molar-refractivity contribution in [3.05, 3.63) is 132 Å². The highest BCUT2D eigenvalue weighted by Crippen LogP contribution is 2.27. The Hall–Kier alpha value is -4.77. The number of hydrazone groups is 1. The Bertz CT molecular complexity index is 1490. The Kier molecular flexibility index (Phi) is 6.81. The van der Waals surface area contributed by atoms with E-state index in [0.29, 0.717) is 5.56 Å². The second-order valence-electron chi connectivity index (χ2n) is 8.53. The molecule has 0 radical (unpaired) electrons. The van der Waals surface area contributed by atoms with Gasteiger partial charge in [-0.15, -0.1) is 0 Å². The summed E-state index contributed by atoms with van der Waals surface area (Å²) in [6.07, 6.45) is 1.75. The molecule has 5 rings (SSSR count). The lowest BCUT2D eigenvalue weighted by Gasteiger charge is -2.18. The third-order valence-corrected chi connectivity index (χ3v) is 6.13. The maximum Gasteiger partial charge on any atom is 0.251 e. The fourth-order valence-corrected chi connectivity index (χ4v) is 4.36. The predicted octanol–water partition coefficient (Wildman–Crippen LogP) is 6.00. The number of nitrogens with one attached hydrogen (secondary N) is 2. The minimum Gasteiger partial charge on any atom is -0.345 e. The zero-order chi connectivity index (χ0) is 24.7. The second kappa shape index (κ2) is 10.7. The number of rotatable bonds is 7. The van der Waals surface area contributed by atoms with Crippen LogP contribution in [0.3, 0.4) is 0 Å². The van der Waals surface area contributed by atoms with Crippen molar-refractivity contribution >= 4 is 39.6 Å².